The molecule has 0 aliphatic carbocycles. The molecule has 0 spiro atoms. The van der Waals surface area contributed by atoms with Crippen molar-refractivity contribution in [2.45, 2.75) is 12.6 Å². The van der Waals surface area contributed by atoms with Crippen molar-refractivity contribution in [3.05, 3.63) is 29.3 Å². The highest BCUT2D eigenvalue weighted by Gasteiger charge is 2.36. The molecule has 0 unspecified atom stereocenters. The van der Waals surface area contributed by atoms with Gasteiger partial charge in [0.2, 0.25) is 0 Å². The number of carboxylic acid groups (broad SMARTS) is 1. The fourth-order valence-corrected chi connectivity index (χ4v) is 1.95. The van der Waals surface area contributed by atoms with E-state index in [1.807, 2.05) is 0 Å². The number of hydrogen-bond acceptors (Lipinski definition) is 2. The van der Waals surface area contributed by atoms with Gasteiger partial charge in [0, 0.05) is 12.2 Å². The number of para-hydroxylation sites is 1. The maximum Gasteiger partial charge on any atom is 0.418 e. The molecular formula is C11H10F3NO2. The summed E-state index contributed by atoms with van der Waals surface area (Å²) >= 11 is 0. The smallest absolute Gasteiger partial charge is 0.418 e. The van der Waals surface area contributed by atoms with E-state index in [-0.39, 0.29) is 18.7 Å². The van der Waals surface area contributed by atoms with E-state index in [4.69, 9.17) is 5.11 Å². The quantitative estimate of drug-likeness (QED) is 0.798. The van der Waals surface area contributed by atoms with Crippen LogP contribution in [-0.4, -0.2) is 17.6 Å². The number of halogens is 3. The van der Waals surface area contributed by atoms with Gasteiger partial charge in [-0.05, 0) is 18.1 Å². The predicted molar refractivity (Wildman–Crippen MR) is 54.8 cm³/mol. The maximum atomic E-state index is 12.7. The Morgan fingerprint density at radius 1 is 1.41 bits per heavy atom. The van der Waals surface area contributed by atoms with Gasteiger partial charge in [-0.25, -0.2) is 0 Å². The molecule has 0 aromatic heterocycles. The van der Waals surface area contributed by atoms with Gasteiger partial charge in [0.05, 0.1) is 11.5 Å². The summed E-state index contributed by atoms with van der Waals surface area (Å²) in [5.41, 5.74) is -0.324. The Morgan fingerprint density at radius 3 is 2.71 bits per heavy atom. The van der Waals surface area contributed by atoms with Crippen LogP contribution < -0.4 is 5.32 Å². The summed E-state index contributed by atoms with van der Waals surface area (Å²) < 4.78 is 38.0. The molecule has 0 saturated heterocycles. The summed E-state index contributed by atoms with van der Waals surface area (Å²) in [4.78, 5) is 10.8. The number of anilines is 1. The minimum absolute atomic E-state index is 0.0116. The molecule has 0 fully saturated rings. The highest BCUT2D eigenvalue weighted by atomic mass is 19.4. The van der Waals surface area contributed by atoms with Crippen molar-refractivity contribution in [3.8, 4) is 0 Å². The largest absolute Gasteiger partial charge is 0.481 e. The first-order chi connectivity index (χ1) is 7.89. The number of aliphatic carboxylic acids is 1. The summed E-state index contributed by atoms with van der Waals surface area (Å²) in [7, 11) is 0. The van der Waals surface area contributed by atoms with E-state index in [9.17, 15) is 18.0 Å². The van der Waals surface area contributed by atoms with Gasteiger partial charge in [0.25, 0.3) is 0 Å². The SMILES string of the molecule is O=C(O)[C@H]1CNc2c(cccc2C(F)(F)F)C1. The standard InChI is InChI=1S/C11H10F3NO2/c12-11(13,14)8-3-1-2-6-4-7(10(16)17)5-15-9(6)8/h1-3,7,15H,4-5H2,(H,16,17)/t7-/m1/s1. The number of carbonyl (C=O) groups is 1. The molecule has 0 amide bonds. The predicted octanol–water partition coefficient (Wildman–Crippen LogP) is 2.37. The Labute approximate surface area is 95.3 Å². The minimum Gasteiger partial charge on any atom is -0.481 e. The third-order valence-electron chi connectivity index (χ3n) is 2.80. The first-order valence-electron chi connectivity index (χ1n) is 5.05. The normalized spacial score (nSPS) is 19.4. The molecule has 2 rings (SSSR count). The van der Waals surface area contributed by atoms with Crippen molar-refractivity contribution >= 4 is 11.7 Å². The van der Waals surface area contributed by atoms with Gasteiger partial charge >= 0.3 is 12.1 Å². The lowest BCUT2D eigenvalue weighted by atomic mass is 9.92. The molecule has 0 saturated carbocycles. The number of hydrogen-bond donors (Lipinski definition) is 2. The highest BCUT2D eigenvalue weighted by molar-refractivity contribution is 5.74. The van der Waals surface area contributed by atoms with Crippen LogP contribution in [0.1, 0.15) is 11.1 Å². The molecule has 6 heteroatoms. The topological polar surface area (TPSA) is 49.3 Å². The molecule has 1 aliphatic heterocycles. The third-order valence-corrected chi connectivity index (χ3v) is 2.80. The zero-order valence-electron chi connectivity index (χ0n) is 8.71. The summed E-state index contributed by atoms with van der Waals surface area (Å²) in [5.74, 6) is -1.67. The molecule has 0 radical (unpaired) electrons. The molecule has 1 aliphatic rings. The average Bonchev–Trinajstić information content (AvgIpc) is 2.26. The first kappa shape index (κ1) is 11.8. The fourth-order valence-electron chi connectivity index (χ4n) is 1.95. The Morgan fingerprint density at radius 2 is 2.12 bits per heavy atom. The summed E-state index contributed by atoms with van der Waals surface area (Å²) in [6.07, 6.45) is -4.30. The van der Waals surface area contributed by atoms with E-state index in [2.05, 4.69) is 5.32 Å². The summed E-state index contributed by atoms with van der Waals surface area (Å²) in [6.45, 7) is 0.0232. The van der Waals surface area contributed by atoms with E-state index >= 15 is 0 Å². The number of fused-ring (bicyclic) bond motifs is 1. The van der Waals surface area contributed by atoms with Crippen LogP contribution in [0.4, 0.5) is 18.9 Å². The van der Waals surface area contributed by atoms with Crippen molar-refractivity contribution in [3.63, 3.8) is 0 Å². The number of rotatable bonds is 1. The van der Waals surface area contributed by atoms with Crippen molar-refractivity contribution in [1.82, 2.24) is 0 Å². The number of carboxylic acids is 1. The van der Waals surface area contributed by atoms with Gasteiger partial charge in [-0.3, -0.25) is 4.79 Å². The van der Waals surface area contributed by atoms with E-state index in [0.717, 1.165) is 6.07 Å². The second-order valence-electron chi connectivity index (χ2n) is 3.96. The van der Waals surface area contributed by atoms with E-state index < -0.39 is 23.6 Å². The average molecular weight is 245 g/mol. The lowest BCUT2D eigenvalue weighted by Crippen LogP contribution is -2.30. The molecule has 1 heterocycles. The second kappa shape index (κ2) is 3.94. The van der Waals surface area contributed by atoms with Crippen LogP contribution in [0.2, 0.25) is 0 Å². The Balaban J connectivity index is 2.39. The van der Waals surface area contributed by atoms with Crippen LogP contribution in [0.5, 0.6) is 0 Å². The Bertz CT molecular complexity index is 457. The van der Waals surface area contributed by atoms with Crippen molar-refractivity contribution < 1.29 is 23.1 Å². The van der Waals surface area contributed by atoms with Crippen LogP contribution in [0.3, 0.4) is 0 Å². The minimum atomic E-state index is -4.42. The summed E-state index contributed by atoms with van der Waals surface area (Å²) in [5, 5.41) is 11.4. The van der Waals surface area contributed by atoms with Crippen LogP contribution in [0, 0.1) is 5.92 Å². The van der Waals surface area contributed by atoms with E-state index in [0.29, 0.717) is 5.56 Å². The first-order valence-corrected chi connectivity index (χ1v) is 5.05. The van der Waals surface area contributed by atoms with Gasteiger partial charge in [0.1, 0.15) is 0 Å². The molecule has 17 heavy (non-hydrogen) atoms. The summed E-state index contributed by atoms with van der Waals surface area (Å²) in [6, 6.07) is 3.81. The fraction of sp³-hybridized carbons (Fsp3) is 0.364. The molecule has 2 N–H and O–H groups in total. The monoisotopic (exact) mass is 245 g/mol. The van der Waals surface area contributed by atoms with Crippen LogP contribution in [0.25, 0.3) is 0 Å². The van der Waals surface area contributed by atoms with Crippen LogP contribution in [0.15, 0.2) is 18.2 Å². The van der Waals surface area contributed by atoms with Gasteiger partial charge in [-0.2, -0.15) is 13.2 Å². The maximum absolute atomic E-state index is 12.7. The van der Waals surface area contributed by atoms with Gasteiger partial charge < -0.3 is 10.4 Å². The highest BCUT2D eigenvalue weighted by Crippen LogP contribution is 2.38. The van der Waals surface area contributed by atoms with Crippen LogP contribution in [-0.2, 0) is 17.4 Å². The number of benzene rings is 1. The Hall–Kier alpha value is -1.72. The number of alkyl halides is 3. The zero-order valence-corrected chi connectivity index (χ0v) is 8.71. The second-order valence-corrected chi connectivity index (χ2v) is 3.96. The van der Waals surface area contributed by atoms with Gasteiger partial charge in [0.15, 0.2) is 0 Å². The van der Waals surface area contributed by atoms with E-state index in [1.54, 1.807) is 0 Å². The van der Waals surface area contributed by atoms with E-state index in [1.165, 1.54) is 12.1 Å². The number of nitrogens with one attached hydrogen (secondary N) is 1. The molecule has 92 valence electrons. The van der Waals surface area contributed by atoms with Crippen molar-refractivity contribution in [2.24, 2.45) is 5.92 Å². The van der Waals surface area contributed by atoms with Crippen molar-refractivity contribution in [2.75, 3.05) is 11.9 Å². The zero-order chi connectivity index (χ0) is 12.6. The molecule has 0 bridgehead atoms. The Kier molecular flexibility index (Phi) is 2.73. The van der Waals surface area contributed by atoms with Crippen molar-refractivity contribution in [1.29, 1.82) is 0 Å². The molecule has 3 nitrogen and oxygen atoms in total. The lowest BCUT2D eigenvalue weighted by molar-refractivity contribution is -0.141. The molecule has 1 atom stereocenters. The van der Waals surface area contributed by atoms with Gasteiger partial charge in [-0.1, -0.05) is 12.1 Å². The molecular weight excluding hydrogens is 235 g/mol. The van der Waals surface area contributed by atoms with Gasteiger partial charge in [-0.15, -0.1) is 0 Å². The van der Waals surface area contributed by atoms with Crippen LogP contribution >= 0.6 is 0 Å². The third kappa shape index (κ3) is 2.20. The molecule has 1 aromatic carbocycles. The molecule has 1 aromatic rings. The lowest BCUT2D eigenvalue weighted by Gasteiger charge is -2.26.